The molecule has 1 aromatic rings. The van der Waals surface area contributed by atoms with Crippen molar-refractivity contribution in [3.63, 3.8) is 0 Å². The van der Waals surface area contributed by atoms with Crippen LogP contribution in [0, 0.1) is 18.8 Å². The van der Waals surface area contributed by atoms with Gasteiger partial charge in [-0.3, -0.25) is 0 Å². The maximum Gasteiger partial charge on any atom is 0.240 e. The standard InChI is InChI=1S/C14H20N2O2S/c1-9-2-5-12(8-13(9)15)19(17,18)16-14-7-10-3-4-11(14)6-10/h2,5,8,10-11,14,16H,3-4,6-7,15H2,1H3. The topological polar surface area (TPSA) is 72.2 Å². The lowest BCUT2D eigenvalue weighted by Crippen LogP contribution is -2.38. The van der Waals surface area contributed by atoms with E-state index in [1.165, 1.54) is 12.8 Å². The first kappa shape index (κ1) is 12.9. The summed E-state index contributed by atoms with van der Waals surface area (Å²) in [7, 11) is -3.44. The van der Waals surface area contributed by atoms with Gasteiger partial charge in [0.2, 0.25) is 10.0 Å². The summed E-state index contributed by atoms with van der Waals surface area (Å²) in [6, 6.07) is 5.04. The molecular formula is C14H20N2O2S. The van der Waals surface area contributed by atoms with Gasteiger partial charge < -0.3 is 5.73 Å². The molecule has 0 saturated heterocycles. The van der Waals surface area contributed by atoms with E-state index in [0.29, 0.717) is 11.6 Å². The van der Waals surface area contributed by atoms with Crippen LogP contribution in [0.5, 0.6) is 0 Å². The number of sulfonamides is 1. The van der Waals surface area contributed by atoms with Crippen molar-refractivity contribution in [3.8, 4) is 0 Å². The van der Waals surface area contributed by atoms with E-state index >= 15 is 0 Å². The molecule has 0 radical (unpaired) electrons. The molecule has 3 rings (SSSR count). The minimum Gasteiger partial charge on any atom is -0.398 e. The molecular weight excluding hydrogens is 260 g/mol. The highest BCUT2D eigenvalue weighted by atomic mass is 32.2. The smallest absolute Gasteiger partial charge is 0.240 e. The van der Waals surface area contributed by atoms with Crippen molar-refractivity contribution in [1.29, 1.82) is 0 Å². The Balaban J connectivity index is 1.80. The van der Waals surface area contributed by atoms with Crippen molar-refractivity contribution in [2.45, 2.75) is 43.5 Å². The molecule has 5 heteroatoms. The van der Waals surface area contributed by atoms with E-state index in [9.17, 15) is 8.42 Å². The van der Waals surface area contributed by atoms with Gasteiger partial charge in [0.1, 0.15) is 0 Å². The van der Waals surface area contributed by atoms with Gasteiger partial charge in [0.25, 0.3) is 0 Å². The van der Waals surface area contributed by atoms with E-state index in [1.54, 1.807) is 18.2 Å². The molecule has 19 heavy (non-hydrogen) atoms. The minimum absolute atomic E-state index is 0.117. The van der Waals surface area contributed by atoms with Crippen LogP contribution in [-0.4, -0.2) is 14.5 Å². The summed E-state index contributed by atoms with van der Waals surface area (Å²) >= 11 is 0. The second-order valence-electron chi connectivity index (χ2n) is 5.92. The molecule has 3 N–H and O–H groups in total. The molecule has 2 fully saturated rings. The summed E-state index contributed by atoms with van der Waals surface area (Å²) in [5, 5.41) is 0. The summed E-state index contributed by atoms with van der Waals surface area (Å²) in [5.74, 6) is 1.25. The number of anilines is 1. The Bertz CT molecular complexity index is 597. The molecule has 3 unspecified atom stereocenters. The highest BCUT2D eigenvalue weighted by Crippen LogP contribution is 2.44. The van der Waals surface area contributed by atoms with Crippen LogP contribution in [0.15, 0.2) is 23.1 Å². The summed E-state index contributed by atoms with van der Waals surface area (Å²) in [4.78, 5) is 0.276. The van der Waals surface area contributed by atoms with E-state index in [0.717, 1.165) is 24.3 Å². The normalized spacial score (nSPS) is 29.8. The first-order valence-electron chi connectivity index (χ1n) is 6.84. The second kappa shape index (κ2) is 4.49. The molecule has 0 spiro atoms. The van der Waals surface area contributed by atoms with Crippen LogP contribution in [0.3, 0.4) is 0 Å². The molecule has 3 atom stereocenters. The van der Waals surface area contributed by atoms with Crippen molar-refractivity contribution in [1.82, 2.24) is 4.72 Å². The molecule has 2 aliphatic rings. The lowest BCUT2D eigenvalue weighted by molar-refractivity contribution is 0.390. The molecule has 104 valence electrons. The first-order valence-corrected chi connectivity index (χ1v) is 8.32. The maximum atomic E-state index is 12.4. The number of nitrogens with one attached hydrogen (secondary N) is 1. The number of hydrogen-bond acceptors (Lipinski definition) is 3. The third kappa shape index (κ3) is 2.37. The highest BCUT2D eigenvalue weighted by molar-refractivity contribution is 7.89. The fourth-order valence-corrected chi connectivity index (χ4v) is 4.79. The van der Waals surface area contributed by atoms with Crippen molar-refractivity contribution >= 4 is 15.7 Å². The van der Waals surface area contributed by atoms with Crippen molar-refractivity contribution < 1.29 is 8.42 Å². The third-order valence-corrected chi connectivity index (χ3v) is 6.09. The monoisotopic (exact) mass is 280 g/mol. The average Bonchev–Trinajstić information content (AvgIpc) is 2.94. The summed E-state index contributed by atoms with van der Waals surface area (Å²) in [6.45, 7) is 1.87. The zero-order valence-electron chi connectivity index (χ0n) is 11.1. The van der Waals surface area contributed by atoms with E-state index in [-0.39, 0.29) is 10.9 Å². The van der Waals surface area contributed by atoms with Gasteiger partial charge in [0, 0.05) is 11.7 Å². The predicted molar refractivity (Wildman–Crippen MR) is 75.1 cm³/mol. The van der Waals surface area contributed by atoms with Crippen molar-refractivity contribution in [2.75, 3.05) is 5.73 Å². The van der Waals surface area contributed by atoms with Gasteiger partial charge in [-0.1, -0.05) is 12.5 Å². The zero-order valence-corrected chi connectivity index (χ0v) is 11.9. The Kier molecular flexibility index (Phi) is 3.06. The Hall–Kier alpha value is -1.07. The molecule has 0 aliphatic heterocycles. The molecule has 2 aliphatic carbocycles. The quantitative estimate of drug-likeness (QED) is 0.832. The number of nitrogen functional groups attached to an aromatic ring is 1. The Morgan fingerprint density at radius 3 is 2.63 bits per heavy atom. The van der Waals surface area contributed by atoms with Crippen LogP contribution in [-0.2, 0) is 10.0 Å². The number of nitrogens with two attached hydrogens (primary N) is 1. The molecule has 0 aromatic heterocycles. The van der Waals surface area contributed by atoms with E-state index in [4.69, 9.17) is 5.73 Å². The zero-order chi connectivity index (χ0) is 13.6. The largest absolute Gasteiger partial charge is 0.398 e. The number of aryl methyl sites for hydroxylation is 1. The van der Waals surface area contributed by atoms with Crippen LogP contribution in [0.2, 0.25) is 0 Å². The van der Waals surface area contributed by atoms with Crippen molar-refractivity contribution in [2.24, 2.45) is 11.8 Å². The van der Waals surface area contributed by atoms with Crippen LogP contribution in [0.25, 0.3) is 0 Å². The SMILES string of the molecule is Cc1ccc(S(=O)(=O)NC2CC3CCC2C3)cc1N. The molecule has 0 heterocycles. The summed E-state index contributed by atoms with van der Waals surface area (Å²) < 4.78 is 27.6. The van der Waals surface area contributed by atoms with E-state index < -0.39 is 10.0 Å². The van der Waals surface area contributed by atoms with Gasteiger partial charge in [0.05, 0.1) is 4.90 Å². The van der Waals surface area contributed by atoms with E-state index in [2.05, 4.69) is 4.72 Å². The minimum atomic E-state index is -3.44. The van der Waals surface area contributed by atoms with Gasteiger partial charge in [-0.2, -0.15) is 0 Å². The van der Waals surface area contributed by atoms with Crippen LogP contribution >= 0.6 is 0 Å². The molecule has 1 aromatic carbocycles. The van der Waals surface area contributed by atoms with Gasteiger partial charge in [-0.05, 0) is 55.7 Å². The Morgan fingerprint density at radius 2 is 2.05 bits per heavy atom. The molecule has 2 saturated carbocycles. The first-order chi connectivity index (χ1) is 8.95. The Labute approximate surface area is 114 Å². The van der Waals surface area contributed by atoms with Gasteiger partial charge >= 0.3 is 0 Å². The fraction of sp³-hybridized carbons (Fsp3) is 0.571. The number of benzene rings is 1. The maximum absolute atomic E-state index is 12.4. The second-order valence-corrected chi connectivity index (χ2v) is 7.64. The molecule has 0 amide bonds. The predicted octanol–water partition coefficient (Wildman–Crippen LogP) is 2.04. The van der Waals surface area contributed by atoms with Crippen LogP contribution < -0.4 is 10.5 Å². The average molecular weight is 280 g/mol. The van der Waals surface area contributed by atoms with Gasteiger partial charge in [0.15, 0.2) is 0 Å². The molecule has 4 nitrogen and oxygen atoms in total. The summed E-state index contributed by atoms with van der Waals surface area (Å²) in [5.41, 5.74) is 7.22. The van der Waals surface area contributed by atoms with Gasteiger partial charge in [-0.25, -0.2) is 13.1 Å². The third-order valence-electron chi connectivity index (χ3n) is 4.61. The van der Waals surface area contributed by atoms with Crippen molar-refractivity contribution in [3.05, 3.63) is 23.8 Å². The van der Waals surface area contributed by atoms with Crippen LogP contribution in [0.4, 0.5) is 5.69 Å². The number of hydrogen-bond donors (Lipinski definition) is 2. The lowest BCUT2D eigenvalue weighted by atomic mass is 9.96. The van der Waals surface area contributed by atoms with E-state index in [1.807, 2.05) is 6.92 Å². The van der Waals surface area contributed by atoms with Gasteiger partial charge in [-0.15, -0.1) is 0 Å². The summed E-state index contributed by atoms with van der Waals surface area (Å²) in [6.07, 6.45) is 4.60. The number of rotatable bonds is 3. The lowest BCUT2D eigenvalue weighted by Gasteiger charge is -2.22. The fourth-order valence-electron chi connectivity index (χ4n) is 3.44. The molecule has 2 bridgehead atoms. The van der Waals surface area contributed by atoms with Crippen LogP contribution in [0.1, 0.15) is 31.2 Å². The number of fused-ring (bicyclic) bond motifs is 2. The highest BCUT2D eigenvalue weighted by Gasteiger charge is 2.41. The Morgan fingerprint density at radius 1 is 1.26 bits per heavy atom.